The molecule has 0 radical (unpaired) electrons. The van der Waals surface area contributed by atoms with Gasteiger partial charge in [0.15, 0.2) is 5.75 Å². The molecule has 0 saturated heterocycles. The standard InChI is InChI=1S/C18H25F3N4O4/c1-25(12-27)7-4-8-29-17-14(23-11-26)9-13(18(19,20)21)10-15(17)24-16(28)5-2-3-6-22/h9-12H,2-8,22H2,1H3,(H,23,26)(H,24,28). The van der Waals surface area contributed by atoms with E-state index in [1.807, 2.05) is 0 Å². The Morgan fingerprint density at radius 2 is 1.90 bits per heavy atom. The number of ether oxygens (including phenoxy) is 1. The monoisotopic (exact) mass is 418 g/mol. The molecule has 162 valence electrons. The van der Waals surface area contributed by atoms with E-state index < -0.39 is 17.6 Å². The van der Waals surface area contributed by atoms with Crippen molar-refractivity contribution in [1.29, 1.82) is 0 Å². The van der Waals surface area contributed by atoms with E-state index in [4.69, 9.17) is 10.5 Å². The van der Waals surface area contributed by atoms with E-state index in [9.17, 15) is 27.6 Å². The highest BCUT2D eigenvalue weighted by molar-refractivity contribution is 5.95. The fourth-order valence-corrected chi connectivity index (χ4v) is 2.40. The molecule has 0 aromatic heterocycles. The van der Waals surface area contributed by atoms with Crippen LogP contribution in [-0.2, 0) is 20.6 Å². The largest absolute Gasteiger partial charge is 0.489 e. The number of rotatable bonds is 13. The molecule has 0 aliphatic carbocycles. The first-order chi connectivity index (χ1) is 13.7. The number of carbonyl (C=O) groups excluding carboxylic acids is 3. The molecule has 0 atom stereocenters. The third-order valence-electron chi connectivity index (χ3n) is 3.84. The van der Waals surface area contributed by atoms with Crippen molar-refractivity contribution in [2.24, 2.45) is 5.73 Å². The van der Waals surface area contributed by atoms with Crippen LogP contribution in [0.5, 0.6) is 5.75 Å². The maximum atomic E-state index is 13.2. The summed E-state index contributed by atoms with van der Waals surface area (Å²) >= 11 is 0. The summed E-state index contributed by atoms with van der Waals surface area (Å²) in [5, 5.41) is 4.59. The van der Waals surface area contributed by atoms with Crippen molar-refractivity contribution in [3.63, 3.8) is 0 Å². The smallest absolute Gasteiger partial charge is 0.416 e. The van der Waals surface area contributed by atoms with Crippen molar-refractivity contribution in [2.75, 3.05) is 37.4 Å². The first-order valence-corrected chi connectivity index (χ1v) is 8.96. The number of benzene rings is 1. The van der Waals surface area contributed by atoms with Crippen LogP contribution in [0.25, 0.3) is 0 Å². The number of alkyl halides is 3. The Bertz CT molecular complexity index is 698. The van der Waals surface area contributed by atoms with Crippen LogP contribution in [-0.4, -0.2) is 50.4 Å². The van der Waals surface area contributed by atoms with Gasteiger partial charge in [-0.3, -0.25) is 14.4 Å². The predicted molar refractivity (Wildman–Crippen MR) is 101 cm³/mol. The molecule has 0 bridgehead atoms. The molecule has 0 aliphatic rings. The van der Waals surface area contributed by atoms with E-state index >= 15 is 0 Å². The molecule has 0 unspecified atom stereocenters. The van der Waals surface area contributed by atoms with E-state index in [2.05, 4.69) is 10.6 Å². The predicted octanol–water partition coefficient (Wildman–Crippen LogP) is 2.20. The number of hydrogen-bond donors (Lipinski definition) is 3. The lowest BCUT2D eigenvalue weighted by atomic mass is 10.1. The van der Waals surface area contributed by atoms with Crippen molar-refractivity contribution in [3.05, 3.63) is 17.7 Å². The molecule has 1 aromatic rings. The molecular weight excluding hydrogens is 393 g/mol. The minimum atomic E-state index is -4.69. The average Bonchev–Trinajstić information content (AvgIpc) is 2.65. The molecule has 0 saturated carbocycles. The van der Waals surface area contributed by atoms with Gasteiger partial charge >= 0.3 is 6.18 Å². The van der Waals surface area contributed by atoms with E-state index in [1.54, 1.807) is 7.05 Å². The van der Waals surface area contributed by atoms with Crippen molar-refractivity contribution in [2.45, 2.75) is 31.9 Å². The summed E-state index contributed by atoms with van der Waals surface area (Å²) < 4.78 is 45.2. The first-order valence-electron chi connectivity index (χ1n) is 8.96. The lowest BCUT2D eigenvalue weighted by Gasteiger charge is -2.19. The SMILES string of the molecule is CN(C=O)CCCOc1c(NC=O)cc(C(F)(F)F)cc1NC(=O)CCCCN. The molecular formula is C18H25F3N4O4. The number of unbranched alkanes of at least 4 members (excludes halogenated alkanes) is 1. The van der Waals surface area contributed by atoms with Crippen molar-refractivity contribution in [3.8, 4) is 5.75 Å². The minimum absolute atomic E-state index is 0.0487. The first kappa shape index (κ1) is 24.2. The van der Waals surface area contributed by atoms with E-state index in [0.29, 0.717) is 38.8 Å². The minimum Gasteiger partial charge on any atom is -0.489 e. The fraction of sp³-hybridized carbons (Fsp3) is 0.500. The summed E-state index contributed by atoms with van der Waals surface area (Å²) in [4.78, 5) is 34.9. The Morgan fingerprint density at radius 3 is 2.48 bits per heavy atom. The van der Waals surface area contributed by atoms with Gasteiger partial charge in [-0.05, 0) is 37.9 Å². The van der Waals surface area contributed by atoms with Crippen LogP contribution in [0.2, 0.25) is 0 Å². The number of nitrogens with zero attached hydrogens (tertiary/aromatic N) is 1. The van der Waals surface area contributed by atoms with Crippen LogP contribution >= 0.6 is 0 Å². The number of nitrogens with two attached hydrogens (primary N) is 1. The summed E-state index contributed by atoms with van der Waals surface area (Å²) in [6.07, 6.45) is -2.30. The van der Waals surface area contributed by atoms with Gasteiger partial charge in [-0.1, -0.05) is 0 Å². The highest BCUT2D eigenvalue weighted by atomic mass is 19.4. The van der Waals surface area contributed by atoms with E-state index in [1.165, 1.54) is 4.90 Å². The van der Waals surface area contributed by atoms with Gasteiger partial charge in [-0.2, -0.15) is 13.2 Å². The number of carbonyl (C=O) groups is 3. The molecule has 11 heteroatoms. The van der Waals surface area contributed by atoms with Crippen LogP contribution in [0.1, 0.15) is 31.2 Å². The van der Waals surface area contributed by atoms with Crippen LogP contribution in [0.3, 0.4) is 0 Å². The van der Waals surface area contributed by atoms with Gasteiger partial charge in [0.25, 0.3) is 0 Å². The normalized spacial score (nSPS) is 10.9. The van der Waals surface area contributed by atoms with E-state index in [-0.39, 0.29) is 36.6 Å². The summed E-state index contributed by atoms with van der Waals surface area (Å²) in [6.45, 7) is 0.808. The topological polar surface area (TPSA) is 114 Å². The zero-order valence-electron chi connectivity index (χ0n) is 16.1. The molecule has 29 heavy (non-hydrogen) atoms. The summed E-state index contributed by atoms with van der Waals surface area (Å²) in [7, 11) is 1.57. The lowest BCUT2D eigenvalue weighted by molar-refractivity contribution is -0.137. The van der Waals surface area contributed by atoms with Crippen molar-refractivity contribution >= 4 is 30.1 Å². The molecule has 8 nitrogen and oxygen atoms in total. The Labute approximate surface area is 166 Å². The molecule has 0 heterocycles. The molecule has 4 N–H and O–H groups in total. The molecule has 0 spiro atoms. The summed E-state index contributed by atoms with van der Waals surface area (Å²) in [6, 6.07) is 1.48. The van der Waals surface area contributed by atoms with Crippen LogP contribution < -0.4 is 21.1 Å². The van der Waals surface area contributed by atoms with Gasteiger partial charge in [0.1, 0.15) is 0 Å². The number of amides is 3. The van der Waals surface area contributed by atoms with E-state index in [0.717, 1.165) is 12.1 Å². The zero-order chi connectivity index (χ0) is 21.9. The Morgan fingerprint density at radius 1 is 1.21 bits per heavy atom. The number of nitrogens with one attached hydrogen (secondary N) is 2. The van der Waals surface area contributed by atoms with Gasteiger partial charge in [-0.15, -0.1) is 0 Å². The maximum absolute atomic E-state index is 13.2. The van der Waals surface area contributed by atoms with Crippen LogP contribution in [0, 0.1) is 0 Å². The molecule has 0 aliphatic heterocycles. The quantitative estimate of drug-likeness (QED) is 0.336. The molecule has 1 rings (SSSR count). The van der Waals surface area contributed by atoms with Gasteiger partial charge in [-0.25, -0.2) is 0 Å². The van der Waals surface area contributed by atoms with Crippen molar-refractivity contribution in [1.82, 2.24) is 4.90 Å². The van der Waals surface area contributed by atoms with Gasteiger partial charge in [0.2, 0.25) is 18.7 Å². The Kier molecular flexibility index (Phi) is 9.93. The Balaban J connectivity index is 3.12. The summed E-state index contributed by atoms with van der Waals surface area (Å²) in [5.41, 5.74) is 3.89. The fourth-order valence-electron chi connectivity index (χ4n) is 2.40. The highest BCUT2D eigenvalue weighted by Crippen LogP contribution is 2.40. The summed E-state index contributed by atoms with van der Waals surface area (Å²) in [5.74, 6) is -0.591. The zero-order valence-corrected chi connectivity index (χ0v) is 16.1. The maximum Gasteiger partial charge on any atom is 0.416 e. The molecule has 1 aromatic carbocycles. The third kappa shape index (κ3) is 8.38. The number of anilines is 2. The van der Waals surface area contributed by atoms with Crippen molar-refractivity contribution < 1.29 is 32.3 Å². The second kappa shape index (κ2) is 11.9. The highest BCUT2D eigenvalue weighted by Gasteiger charge is 2.33. The molecule has 3 amide bonds. The van der Waals surface area contributed by atoms with Gasteiger partial charge in [0.05, 0.1) is 23.5 Å². The van der Waals surface area contributed by atoms with Crippen LogP contribution in [0.4, 0.5) is 24.5 Å². The number of hydrogen-bond acceptors (Lipinski definition) is 5. The number of halogens is 3. The third-order valence-corrected chi connectivity index (χ3v) is 3.84. The van der Waals surface area contributed by atoms with Gasteiger partial charge < -0.3 is 26.0 Å². The second-order valence-corrected chi connectivity index (χ2v) is 6.24. The molecule has 0 fully saturated rings. The average molecular weight is 418 g/mol. The lowest BCUT2D eigenvalue weighted by Crippen LogP contribution is -2.20. The Hall–Kier alpha value is -2.82. The van der Waals surface area contributed by atoms with Gasteiger partial charge in [0, 0.05) is 20.0 Å². The van der Waals surface area contributed by atoms with Crippen LogP contribution in [0.15, 0.2) is 12.1 Å². The second-order valence-electron chi connectivity index (χ2n) is 6.24.